The molecule has 0 saturated heterocycles. The van der Waals surface area contributed by atoms with Crippen LogP contribution in [-0.2, 0) is 6.18 Å². The van der Waals surface area contributed by atoms with Crippen molar-refractivity contribution >= 4 is 28.8 Å². The molecule has 0 saturated carbocycles. The topological polar surface area (TPSA) is 73.1 Å². The van der Waals surface area contributed by atoms with Gasteiger partial charge in [-0.2, -0.15) is 18.2 Å². The minimum absolute atomic E-state index is 0.109. The fraction of sp³-hybridized carbons (Fsp3) is 0.167. The lowest BCUT2D eigenvalue weighted by molar-refractivity contribution is -0.137. The number of methoxy groups -OCH3 is 1. The van der Waals surface area contributed by atoms with E-state index in [1.165, 1.54) is 19.5 Å². The summed E-state index contributed by atoms with van der Waals surface area (Å²) in [6, 6.07) is 2.92. The van der Waals surface area contributed by atoms with Crippen molar-refractivity contribution in [1.82, 2.24) is 9.97 Å². The van der Waals surface area contributed by atoms with E-state index in [0.717, 1.165) is 12.1 Å². The lowest BCUT2D eigenvalue weighted by Gasteiger charge is -2.13. The highest BCUT2D eigenvalue weighted by atomic mass is 35.5. The van der Waals surface area contributed by atoms with Gasteiger partial charge < -0.3 is 15.8 Å². The molecule has 0 bridgehead atoms. The maximum atomic E-state index is 12.6. The fourth-order valence-corrected chi connectivity index (χ4v) is 1.79. The van der Waals surface area contributed by atoms with Gasteiger partial charge in [-0.3, -0.25) is 0 Å². The first-order valence-corrected chi connectivity index (χ1v) is 5.99. The van der Waals surface area contributed by atoms with Gasteiger partial charge in [0.1, 0.15) is 12.0 Å². The van der Waals surface area contributed by atoms with E-state index in [1.54, 1.807) is 0 Å². The molecule has 0 aliphatic rings. The third kappa shape index (κ3) is 3.27. The van der Waals surface area contributed by atoms with Crippen molar-refractivity contribution < 1.29 is 17.9 Å². The first kappa shape index (κ1) is 15.2. The summed E-state index contributed by atoms with van der Waals surface area (Å²) in [5, 5.41) is 2.63. The highest BCUT2D eigenvalue weighted by Gasteiger charge is 2.30. The van der Waals surface area contributed by atoms with Crippen molar-refractivity contribution in [2.75, 3.05) is 18.2 Å². The molecule has 0 aliphatic carbocycles. The molecule has 0 unspecified atom stereocenters. The van der Waals surface area contributed by atoms with Crippen molar-refractivity contribution in [3.63, 3.8) is 0 Å². The number of aromatic nitrogens is 2. The van der Waals surface area contributed by atoms with Crippen LogP contribution in [0.2, 0.25) is 5.02 Å². The number of nitrogen functional groups attached to an aromatic ring is 1. The molecule has 1 aromatic heterocycles. The molecule has 0 spiro atoms. The molecule has 21 heavy (non-hydrogen) atoms. The van der Waals surface area contributed by atoms with E-state index in [-0.39, 0.29) is 28.1 Å². The molecule has 112 valence electrons. The van der Waals surface area contributed by atoms with Crippen LogP contribution in [0.25, 0.3) is 0 Å². The van der Waals surface area contributed by atoms with E-state index in [2.05, 4.69) is 15.3 Å². The van der Waals surface area contributed by atoms with Crippen LogP contribution in [0, 0.1) is 0 Å². The molecule has 9 heteroatoms. The van der Waals surface area contributed by atoms with Gasteiger partial charge in [-0.25, -0.2) is 4.98 Å². The van der Waals surface area contributed by atoms with E-state index in [9.17, 15) is 13.2 Å². The smallest absolute Gasteiger partial charge is 0.416 e. The van der Waals surface area contributed by atoms with Crippen molar-refractivity contribution in [2.45, 2.75) is 6.18 Å². The van der Waals surface area contributed by atoms with Crippen molar-refractivity contribution in [3.05, 3.63) is 35.1 Å². The Morgan fingerprint density at radius 1 is 1.29 bits per heavy atom. The highest BCUT2D eigenvalue weighted by molar-refractivity contribution is 6.33. The minimum atomic E-state index is -4.46. The summed E-state index contributed by atoms with van der Waals surface area (Å²) in [4.78, 5) is 7.67. The molecule has 0 fully saturated rings. The number of nitrogens with zero attached hydrogens (tertiary/aromatic N) is 2. The monoisotopic (exact) mass is 318 g/mol. The number of nitrogens with one attached hydrogen (secondary N) is 1. The van der Waals surface area contributed by atoms with E-state index < -0.39 is 11.7 Å². The first-order valence-electron chi connectivity index (χ1n) is 5.61. The lowest BCUT2D eigenvalue weighted by atomic mass is 10.2. The summed E-state index contributed by atoms with van der Waals surface area (Å²) in [5.41, 5.74) is 5.27. The molecule has 2 aromatic rings. The molecule has 0 aliphatic heterocycles. The number of halogens is 4. The molecule has 1 aromatic carbocycles. The second-order valence-electron chi connectivity index (χ2n) is 3.96. The molecule has 0 atom stereocenters. The van der Waals surface area contributed by atoms with E-state index >= 15 is 0 Å². The van der Waals surface area contributed by atoms with Crippen molar-refractivity contribution in [1.29, 1.82) is 0 Å². The molecule has 3 N–H and O–H groups in total. The third-order valence-corrected chi connectivity index (χ3v) is 2.90. The molecule has 5 nitrogen and oxygen atoms in total. The number of ether oxygens (including phenoxy) is 1. The molecule has 0 radical (unpaired) electrons. The number of nitrogens with two attached hydrogens (primary N) is 1. The predicted octanol–water partition coefficient (Wildman–Crippen LogP) is 3.48. The summed E-state index contributed by atoms with van der Waals surface area (Å²) in [5.74, 6) is 0.332. The number of alkyl halides is 3. The van der Waals surface area contributed by atoms with Crippen LogP contribution >= 0.6 is 11.6 Å². The Labute approximate surface area is 122 Å². The van der Waals surface area contributed by atoms with Gasteiger partial charge in [-0.15, -0.1) is 0 Å². The third-order valence-electron chi connectivity index (χ3n) is 2.59. The number of rotatable bonds is 3. The summed E-state index contributed by atoms with van der Waals surface area (Å²) in [7, 11) is 1.38. The van der Waals surface area contributed by atoms with Gasteiger partial charge in [0.05, 0.1) is 23.4 Å². The maximum absolute atomic E-state index is 12.6. The van der Waals surface area contributed by atoms with E-state index in [4.69, 9.17) is 22.1 Å². The zero-order valence-electron chi connectivity index (χ0n) is 10.7. The number of hydrogen-bond donors (Lipinski definition) is 2. The predicted molar refractivity (Wildman–Crippen MR) is 72.7 cm³/mol. The lowest BCUT2D eigenvalue weighted by Crippen LogP contribution is -2.06. The Morgan fingerprint density at radius 2 is 2.00 bits per heavy atom. The summed E-state index contributed by atoms with van der Waals surface area (Å²) >= 11 is 5.83. The number of hydrogen-bond acceptors (Lipinski definition) is 5. The van der Waals surface area contributed by atoms with Gasteiger partial charge in [-0.1, -0.05) is 11.6 Å². The average molecular weight is 319 g/mol. The summed E-state index contributed by atoms with van der Waals surface area (Å²) < 4.78 is 42.6. The zero-order valence-corrected chi connectivity index (χ0v) is 11.5. The molecular formula is C12H10ClF3N4O. The molecule has 0 amide bonds. The maximum Gasteiger partial charge on any atom is 0.416 e. The molecule has 2 rings (SSSR count). The second-order valence-corrected chi connectivity index (χ2v) is 4.37. The number of anilines is 3. The van der Waals surface area contributed by atoms with E-state index in [0.29, 0.717) is 0 Å². The Kier molecular flexibility index (Phi) is 4.08. The van der Waals surface area contributed by atoms with Crippen LogP contribution in [0.3, 0.4) is 0 Å². The Bertz CT molecular complexity index is 663. The van der Waals surface area contributed by atoms with Crippen LogP contribution in [-0.4, -0.2) is 17.1 Å². The molecule has 1 heterocycles. The van der Waals surface area contributed by atoms with Crippen molar-refractivity contribution in [3.8, 4) is 5.88 Å². The first-order chi connectivity index (χ1) is 9.82. The standard InChI is InChI=1S/C12H10ClF3N4O/c1-21-11-9(17)10(18-5-19-11)20-8-3-2-6(4-7(8)13)12(14,15)16/h2-5H,17H2,1H3,(H,18,19,20). The quantitative estimate of drug-likeness (QED) is 0.906. The Balaban J connectivity index is 2.33. The highest BCUT2D eigenvalue weighted by Crippen LogP contribution is 2.35. The minimum Gasteiger partial charge on any atom is -0.479 e. The molecular weight excluding hydrogens is 309 g/mol. The zero-order chi connectivity index (χ0) is 15.6. The summed E-state index contributed by atoms with van der Waals surface area (Å²) in [6.45, 7) is 0. The van der Waals surface area contributed by atoms with Gasteiger partial charge in [0.2, 0.25) is 5.88 Å². The van der Waals surface area contributed by atoms with Crippen LogP contribution in [0.4, 0.5) is 30.4 Å². The normalized spacial score (nSPS) is 11.3. The number of benzene rings is 1. The second kappa shape index (κ2) is 5.65. The van der Waals surface area contributed by atoms with Gasteiger partial charge >= 0.3 is 6.18 Å². The van der Waals surface area contributed by atoms with Crippen LogP contribution < -0.4 is 15.8 Å². The van der Waals surface area contributed by atoms with E-state index in [1.807, 2.05) is 0 Å². The van der Waals surface area contributed by atoms with Gasteiger partial charge in [0.25, 0.3) is 0 Å². The van der Waals surface area contributed by atoms with Crippen LogP contribution in [0.5, 0.6) is 5.88 Å². The van der Waals surface area contributed by atoms with Gasteiger partial charge in [0.15, 0.2) is 5.82 Å². The largest absolute Gasteiger partial charge is 0.479 e. The summed E-state index contributed by atoms with van der Waals surface area (Å²) in [6.07, 6.45) is -3.26. The van der Waals surface area contributed by atoms with Crippen LogP contribution in [0.15, 0.2) is 24.5 Å². The average Bonchev–Trinajstić information content (AvgIpc) is 2.42. The Morgan fingerprint density at radius 3 is 2.57 bits per heavy atom. The Hall–Kier alpha value is -2.22. The van der Waals surface area contributed by atoms with Crippen molar-refractivity contribution in [2.24, 2.45) is 0 Å². The van der Waals surface area contributed by atoms with Gasteiger partial charge in [-0.05, 0) is 18.2 Å². The fourth-order valence-electron chi connectivity index (χ4n) is 1.56. The van der Waals surface area contributed by atoms with Crippen LogP contribution in [0.1, 0.15) is 5.56 Å². The SMILES string of the molecule is COc1ncnc(Nc2ccc(C(F)(F)F)cc2Cl)c1N. The van der Waals surface area contributed by atoms with Gasteiger partial charge in [0, 0.05) is 0 Å².